The van der Waals surface area contributed by atoms with Crippen molar-refractivity contribution >= 4 is 33.7 Å². The van der Waals surface area contributed by atoms with Crippen molar-refractivity contribution in [1.29, 1.82) is 0 Å². The van der Waals surface area contributed by atoms with Gasteiger partial charge in [0.15, 0.2) is 0 Å². The van der Waals surface area contributed by atoms with E-state index in [9.17, 15) is 4.79 Å². The lowest BCUT2D eigenvalue weighted by molar-refractivity contribution is -0.115. The van der Waals surface area contributed by atoms with Crippen molar-refractivity contribution in [1.82, 2.24) is 9.55 Å². The second-order valence-electron chi connectivity index (χ2n) is 6.48. The number of amides is 1. The van der Waals surface area contributed by atoms with Crippen LogP contribution in [0, 0.1) is 0 Å². The van der Waals surface area contributed by atoms with Crippen molar-refractivity contribution in [3.05, 3.63) is 72.3 Å². The van der Waals surface area contributed by atoms with E-state index in [1.807, 2.05) is 42.5 Å². The number of fused-ring (bicyclic) bond motifs is 2. The van der Waals surface area contributed by atoms with Gasteiger partial charge in [-0.2, -0.15) is 0 Å². The number of carbonyl (C=O) groups is 1. The van der Waals surface area contributed by atoms with Gasteiger partial charge in [0, 0.05) is 6.54 Å². The summed E-state index contributed by atoms with van der Waals surface area (Å²) in [6, 6.07) is 22.3. The van der Waals surface area contributed by atoms with Crippen LogP contribution in [0.4, 0.5) is 5.95 Å². The number of aryl methyl sites for hydroxylation is 1. The van der Waals surface area contributed by atoms with Gasteiger partial charge in [0.05, 0.1) is 17.5 Å². The molecular formula is C22H21N3O. The van der Waals surface area contributed by atoms with Crippen molar-refractivity contribution in [3.63, 3.8) is 0 Å². The number of para-hydroxylation sites is 2. The Labute approximate surface area is 152 Å². The van der Waals surface area contributed by atoms with Gasteiger partial charge in [-0.3, -0.25) is 10.1 Å². The average Bonchev–Trinajstić information content (AvgIpc) is 2.99. The summed E-state index contributed by atoms with van der Waals surface area (Å²) in [4.78, 5) is 17.2. The third-order valence-corrected chi connectivity index (χ3v) is 4.53. The van der Waals surface area contributed by atoms with Crippen LogP contribution < -0.4 is 5.32 Å². The third-order valence-electron chi connectivity index (χ3n) is 4.53. The lowest BCUT2D eigenvalue weighted by Crippen LogP contribution is -2.18. The molecule has 0 saturated heterocycles. The number of nitrogens with one attached hydrogen (secondary N) is 1. The standard InChI is InChI=1S/C22H21N3O/c1-2-13-25-20-10-6-5-9-19(20)23-22(25)24-21(26)15-16-11-12-17-7-3-4-8-18(17)14-16/h3-12,14H,2,13,15H2,1H3,(H,23,24,26). The SMILES string of the molecule is CCCn1c(NC(=O)Cc2ccc3ccccc3c2)nc2ccccc21. The van der Waals surface area contributed by atoms with Crippen LogP contribution >= 0.6 is 0 Å². The van der Waals surface area contributed by atoms with Gasteiger partial charge < -0.3 is 4.57 Å². The molecule has 26 heavy (non-hydrogen) atoms. The van der Waals surface area contributed by atoms with Crippen LogP contribution in [0.1, 0.15) is 18.9 Å². The monoisotopic (exact) mass is 343 g/mol. The number of nitrogens with zero attached hydrogens (tertiary/aromatic N) is 2. The molecule has 130 valence electrons. The van der Waals surface area contributed by atoms with E-state index in [1.54, 1.807) is 0 Å². The van der Waals surface area contributed by atoms with Crippen molar-refractivity contribution in [3.8, 4) is 0 Å². The smallest absolute Gasteiger partial charge is 0.231 e. The Morgan fingerprint density at radius 3 is 2.62 bits per heavy atom. The molecule has 0 radical (unpaired) electrons. The summed E-state index contributed by atoms with van der Waals surface area (Å²) in [5, 5.41) is 5.33. The number of aromatic nitrogens is 2. The Morgan fingerprint density at radius 1 is 1.00 bits per heavy atom. The molecule has 0 bridgehead atoms. The molecule has 0 aliphatic rings. The Balaban J connectivity index is 1.57. The first-order valence-electron chi connectivity index (χ1n) is 8.97. The zero-order valence-corrected chi connectivity index (χ0v) is 14.8. The van der Waals surface area contributed by atoms with Crippen molar-refractivity contribution < 1.29 is 4.79 Å². The summed E-state index contributed by atoms with van der Waals surface area (Å²) in [6.45, 7) is 2.95. The largest absolute Gasteiger partial charge is 0.310 e. The van der Waals surface area contributed by atoms with E-state index in [4.69, 9.17) is 0 Å². The van der Waals surface area contributed by atoms with E-state index < -0.39 is 0 Å². The van der Waals surface area contributed by atoms with Crippen LogP contribution in [0.15, 0.2) is 66.7 Å². The van der Waals surface area contributed by atoms with Crippen molar-refractivity contribution in [2.45, 2.75) is 26.3 Å². The van der Waals surface area contributed by atoms with Crippen LogP contribution in [0.3, 0.4) is 0 Å². The molecule has 0 aliphatic carbocycles. The molecule has 0 fully saturated rings. The summed E-state index contributed by atoms with van der Waals surface area (Å²) in [5.41, 5.74) is 2.96. The first kappa shape index (κ1) is 16.3. The highest BCUT2D eigenvalue weighted by Gasteiger charge is 2.13. The van der Waals surface area contributed by atoms with Gasteiger partial charge in [-0.25, -0.2) is 4.98 Å². The first-order chi connectivity index (χ1) is 12.7. The second-order valence-corrected chi connectivity index (χ2v) is 6.48. The minimum Gasteiger partial charge on any atom is -0.310 e. The van der Waals surface area contributed by atoms with Crippen molar-refractivity contribution in [2.24, 2.45) is 0 Å². The van der Waals surface area contributed by atoms with E-state index >= 15 is 0 Å². The normalized spacial score (nSPS) is 11.1. The van der Waals surface area contributed by atoms with E-state index in [1.165, 1.54) is 5.39 Å². The minimum atomic E-state index is -0.0482. The number of hydrogen-bond acceptors (Lipinski definition) is 2. The maximum atomic E-state index is 12.6. The first-order valence-corrected chi connectivity index (χ1v) is 8.97. The quantitative estimate of drug-likeness (QED) is 0.567. The lowest BCUT2D eigenvalue weighted by atomic mass is 10.1. The topological polar surface area (TPSA) is 46.9 Å². The molecule has 0 aliphatic heterocycles. The van der Waals surface area contributed by atoms with Crippen LogP contribution in [-0.4, -0.2) is 15.5 Å². The summed E-state index contributed by atoms with van der Waals surface area (Å²) < 4.78 is 2.08. The molecule has 1 amide bonds. The predicted molar refractivity (Wildman–Crippen MR) is 106 cm³/mol. The number of carbonyl (C=O) groups excluding carboxylic acids is 1. The van der Waals surface area contributed by atoms with Gasteiger partial charge in [0.2, 0.25) is 11.9 Å². The van der Waals surface area contributed by atoms with E-state index in [0.29, 0.717) is 12.4 Å². The zero-order valence-electron chi connectivity index (χ0n) is 14.8. The maximum absolute atomic E-state index is 12.6. The van der Waals surface area contributed by atoms with Gasteiger partial charge >= 0.3 is 0 Å². The Kier molecular flexibility index (Phi) is 4.40. The molecule has 3 aromatic carbocycles. The fraction of sp³-hybridized carbons (Fsp3) is 0.182. The molecule has 4 heteroatoms. The third kappa shape index (κ3) is 3.18. The molecule has 1 aromatic heterocycles. The second kappa shape index (κ2) is 7.00. The minimum absolute atomic E-state index is 0.0482. The summed E-state index contributed by atoms with van der Waals surface area (Å²) >= 11 is 0. The van der Waals surface area contributed by atoms with E-state index in [2.05, 4.69) is 46.1 Å². The fourth-order valence-corrected chi connectivity index (χ4v) is 3.32. The highest BCUT2D eigenvalue weighted by atomic mass is 16.1. The van der Waals surface area contributed by atoms with Crippen LogP contribution in [0.25, 0.3) is 21.8 Å². The molecule has 4 rings (SSSR count). The molecule has 1 N–H and O–H groups in total. The Hall–Kier alpha value is -3.14. The van der Waals surface area contributed by atoms with Crippen LogP contribution in [0.5, 0.6) is 0 Å². The predicted octanol–water partition coefficient (Wildman–Crippen LogP) is 4.78. The molecule has 1 heterocycles. The lowest BCUT2D eigenvalue weighted by Gasteiger charge is -2.09. The summed E-state index contributed by atoms with van der Waals surface area (Å²) in [5.74, 6) is 0.576. The molecular weight excluding hydrogens is 322 g/mol. The molecule has 4 nitrogen and oxygen atoms in total. The van der Waals surface area contributed by atoms with Gasteiger partial charge in [-0.1, -0.05) is 61.5 Å². The number of hydrogen-bond donors (Lipinski definition) is 1. The zero-order chi connectivity index (χ0) is 17.9. The van der Waals surface area contributed by atoms with Crippen molar-refractivity contribution in [2.75, 3.05) is 5.32 Å². The van der Waals surface area contributed by atoms with E-state index in [-0.39, 0.29) is 5.91 Å². The number of imidazole rings is 1. The van der Waals surface area contributed by atoms with Gasteiger partial charge in [0.25, 0.3) is 0 Å². The van der Waals surface area contributed by atoms with Gasteiger partial charge in [0.1, 0.15) is 0 Å². The maximum Gasteiger partial charge on any atom is 0.231 e. The highest BCUT2D eigenvalue weighted by molar-refractivity contribution is 5.93. The molecule has 0 atom stereocenters. The van der Waals surface area contributed by atoms with Gasteiger partial charge in [-0.05, 0) is 34.9 Å². The highest BCUT2D eigenvalue weighted by Crippen LogP contribution is 2.21. The number of anilines is 1. The molecule has 0 unspecified atom stereocenters. The van der Waals surface area contributed by atoms with Gasteiger partial charge in [-0.15, -0.1) is 0 Å². The Bertz CT molecular complexity index is 1080. The number of rotatable bonds is 5. The van der Waals surface area contributed by atoms with Crippen LogP contribution in [-0.2, 0) is 17.8 Å². The summed E-state index contributed by atoms with van der Waals surface area (Å²) in [7, 11) is 0. The molecule has 0 saturated carbocycles. The van der Waals surface area contributed by atoms with Crippen LogP contribution in [0.2, 0.25) is 0 Å². The fourth-order valence-electron chi connectivity index (χ4n) is 3.32. The molecule has 4 aromatic rings. The Morgan fingerprint density at radius 2 is 1.77 bits per heavy atom. The summed E-state index contributed by atoms with van der Waals surface area (Å²) in [6.07, 6.45) is 1.31. The average molecular weight is 343 g/mol. The van der Waals surface area contributed by atoms with E-state index in [0.717, 1.165) is 34.9 Å². The number of benzene rings is 3. The molecule has 0 spiro atoms.